The van der Waals surface area contributed by atoms with Crippen molar-refractivity contribution in [1.82, 2.24) is 4.31 Å². The van der Waals surface area contributed by atoms with Crippen molar-refractivity contribution < 1.29 is 27.4 Å². The maximum atomic E-state index is 12.9. The predicted octanol–water partition coefficient (Wildman–Crippen LogP) is 2.73. The highest BCUT2D eigenvalue weighted by Crippen LogP contribution is 2.33. The van der Waals surface area contributed by atoms with Crippen LogP contribution in [0.3, 0.4) is 0 Å². The number of methoxy groups -OCH3 is 2. The number of nitrogens with zero attached hydrogens (tertiary/aromatic N) is 1. The summed E-state index contributed by atoms with van der Waals surface area (Å²) in [7, 11) is 1.08. The molecule has 3 rings (SSSR count). The molecule has 0 aromatic heterocycles. The molecule has 0 spiro atoms. The van der Waals surface area contributed by atoms with Crippen molar-refractivity contribution in [2.75, 3.05) is 41.0 Å². The molecule has 0 atom stereocenters. The topological polar surface area (TPSA) is 74.3 Å². The summed E-state index contributed by atoms with van der Waals surface area (Å²) >= 11 is 0. The Morgan fingerprint density at radius 2 is 1.68 bits per heavy atom. The third-order valence-electron chi connectivity index (χ3n) is 4.59. The van der Waals surface area contributed by atoms with Crippen molar-refractivity contribution in [3.8, 4) is 23.0 Å². The monoisotopic (exact) mass is 407 g/mol. The van der Waals surface area contributed by atoms with Gasteiger partial charge < -0.3 is 18.9 Å². The normalized spacial score (nSPS) is 13.9. The molecule has 28 heavy (non-hydrogen) atoms. The van der Waals surface area contributed by atoms with Crippen LogP contribution < -0.4 is 18.9 Å². The van der Waals surface area contributed by atoms with Gasteiger partial charge in [-0.2, -0.15) is 0 Å². The van der Waals surface area contributed by atoms with Crippen LogP contribution in [-0.4, -0.2) is 53.7 Å². The van der Waals surface area contributed by atoms with Crippen LogP contribution in [0.25, 0.3) is 0 Å². The number of benzene rings is 2. The van der Waals surface area contributed by atoms with Gasteiger partial charge in [-0.15, -0.1) is 0 Å². The minimum Gasteiger partial charge on any atom is -0.493 e. The van der Waals surface area contributed by atoms with E-state index in [9.17, 15) is 8.42 Å². The lowest BCUT2D eigenvalue weighted by atomic mass is 10.1. The number of fused-ring (bicyclic) bond motifs is 1. The van der Waals surface area contributed by atoms with E-state index >= 15 is 0 Å². The fourth-order valence-corrected chi connectivity index (χ4v) is 4.11. The summed E-state index contributed by atoms with van der Waals surface area (Å²) < 4.78 is 48.9. The van der Waals surface area contributed by atoms with Gasteiger partial charge in [-0.3, -0.25) is 0 Å². The van der Waals surface area contributed by atoms with Crippen LogP contribution in [0.1, 0.15) is 12.0 Å². The summed E-state index contributed by atoms with van der Waals surface area (Å²) in [6.45, 7) is 1.39. The van der Waals surface area contributed by atoms with Crippen LogP contribution in [0, 0.1) is 0 Å². The molecular weight excluding hydrogens is 382 g/mol. The minimum absolute atomic E-state index is 0.187. The van der Waals surface area contributed by atoms with Crippen LogP contribution >= 0.6 is 0 Å². The molecule has 2 aromatic carbocycles. The molecule has 0 bridgehead atoms. The van der Waals surface area contributed by atoms with Crippen molar-refractivity contribution in [1.29, 1.82) is 0 Å². The predicted molar refractivity (Wildman–Crippen MR) is 105 cm³/mol. The lowest BCUT2D eigenvalue weighted by Crippen LogP contribution is -2.29. The Hall–Kier alpha value is -2.45. The highest BCUT2D eigenvalue weighted by atomic mass is 32.2. The molecule has 0 N–H and O–H groups in total. The molecule has 0 aliphatic carbocycles. The highest BCUT2D eigenvalue weighted by Gasteiger charge is 2.23. The maximum absolute atomic E-state index is 12.9. The van der Waals surface area contributed by atoms with Crippen molar-refractivity contribution in [3.63, 3.8) is 0 Å². The van der Waals surface area contributed by atoms with E-state index in [1.807, 2.05) is 18.2 Å². The summed E-state index contributed by atoms with van der Waals surface area (Å²) in [5.41, 5.74) is 0.957. The van der Waals surface area contributed by atoms with Crippen molar-refractivity contribution in [2.45, 2.75) is 17.7 Å². The number of rotatable bonds is 7. The van der Waals surface area contributed by atoms with Crippen LogP contribution in [0.4, 0.5) is 0 Å². The molecule has 1 aliphatic heterocycles. The Morgan fingerprint density at radius 1 is 0.964 bits per heavy atom. The molecule has 0 saturated carbocycles. The summed E-state index contributed by atoms with van der Waals surface area (Å²) in [5.74, 6) is 2.30. The first-order valence-electron chi connectivity index (χ1n) is 9.02. The van der Waals surface area contributed by atoms with Gasteiger partial charge >= 0.3 is 0 Å². The molecule has 152 valence electrons. The van der Waals surface area contributed by atoms with Crippen LogP contribution in [-0.2, 0) is 16.4 Å². The molecule has 0 radical (unpaired) electrons. The van der Waals surface area contributed by atoms with E-state index in [1.165, 1.54) is 10.4 Å². The van der Waals surface area contributed by atoms with Gasteiger partial charge in [0, 0.05) is 26.1 Å². The summed E-state index contributed by atoms with van der Waals surface area (Å²) in [4.78, 5) is 0.187. The lowest BCUT2D eigenvalue weighted by molar-refractivity contribution is 0.297. The van der Waals surface area contributed by atoms with Gasteiger partial charge in [0.2, 0.25) is 10.0 Å². The van der Waals surface area contributed by atoms with E-state index < -0.39 is 10.0 Å². The molecule has 2 aromatic rings. The van der Waals surface area contributed by atoms with Crippen molar-refractivity contribution >= 4 is 10.0 Å². The van der Waals surface area contributed by atoms with Gasteiger partial charge in [-0.05, 0) is 36.2 Å². The fourth-order valence-electron chi connectivity index (χ4n) is 2.93. The Morgan fingerprint density at radius 3 is 2.39 bits per heavy atom. The Kier molecular flexibility index (Phi) is 6.31. The first-order chi connectivity index (χ1) is 13.5. The zero-order valence-electron chi connectivity index (χ0n) is 16.3. The molecule has 0 saturated heterocycles. The average molecular weight is 407 g/mol. The van der Waals surface area contributed by atoms with Crippen LogP contribution in [0.5, 0.6) is 23.0 Å². The molecule has 0 unspecified atom stereocenters. The molecule has 1 heterocycles. The zero-order chi connectivity index (χ0) is 20.1. The van der Waals surface area contributed by atoms with Gasteiger partial charge in [0.25, 0.3) is 0 Å². The second-order valence-corrected chi connectivity index (χ2v) is 8.47. The van der Waals surface area contributed by atoms with E-state index in [0.29, 0.717) is 49.2 Å². The second kappa shape index (κ2) is 8.70. The quantitative estimate of drug-likeness (QED) is 0.703. The Labute approximate surface area is 165 Å². The fraction of sp³-hybridized carbons (Fsp3) is 0.400. The summed E-state index contributed by atoms with van der Waals surface area (Å²) in [6, 6.07) is 10.3. The van der Waals surface area contributed by atoms with Crippen molar-refractivity contribution in [3.05, 3.63) is 42.0 Å². The third kappa shape index (κ3) is 4.34. The summed E-state index contributed by atoms with van der Waals surface area (Å²) in [6.07, 6.45) is 1.31. The minimum atomic E-state index is -3.64. The van der Waals surface area contributed by atoms with Gasteiger partial charge in [-0.1, -0.05) is 6.07 Å². The SMILES string of the molecule is COc1ccc(CCN(C)S(=O)(=O)c2ccc3c(c2)OCCCO3)cc1OC. The maximum Gasteiger partial charge on any atom is 0.242 e. The molecule has 7 nitrogen and oxygen atoms in total. The number of ether oxygens (including phenoxy) is 4. The van der Waals surface area contributed by atoms with E-state index in [-0.39, 0.29) is 4.90 Å². The Balaban J connectivity index is 1.73. The first-order valence-corrected chi connectivity index (χ1v) is 10.5. The van der Waals surface area contributed by atoms with E-state index in [1.54, 1.807) is 33.4 Å². The molecule has 0 fully saturated rings. The highest BCUT2D eigenvalue weighted by molar-refractivity contribution is 7.89. The smallest absolute Gasteiger partial charge is 0.242 e. The van der Waals surface area contributed by atoms with Crippen molar-refractivity contribution in [2.24, 2.45) is 0 Å². The number of hydrogen-bond donors (Lipinski definition) is 0. The van der Waals surface area contributed by atoms with E-state index in [4.69, 9.17) is 18.9 Å². The van der Waals surface area contributed by atoms with Gasteiger partial charge in [0.1, 0.15) is 0 Å². The average Bonchev–Trinajstić information content (AvgIpc) is 2.96. The number of hydrogen-bond acceptors (Lipinski definition) is 6. The first kappa shape index (κ1) is 20.3. The Bertz CT molecular complexity index is 928. The van der Waals surface area contributed by atoms with Crippen LogP contribution in [0.2, 0.25) is 0 Å². The summed E-state index contributed by atoms with van der Waals surface area (Å²) in [5, 5.41) is 0. The largest absolute Gasteiger partial charge is 0.493 e. The molecule has 1 aliphatic rings. The number of sulfonamides is 1. The van der Waals surface area contributed by atoms with Gasteiger partial charge in [0.05, 0.1) is 32.3 Å². The third-order valence-corrected chi connectivity index (χ3v) is 6.44. The molecular formula is C20H25NO6S. The van der Waals surface area contributed by atoms with E-state index in [0.717, 1.165) is 12.0 Å². The van der Waals surface area contributed by atoms with Crippen LogP contribution in [0.15, 0.2) is 41.3 Å². The lowest BCUT2D eigenvalue weighted by Gasteiger charge is -2.18. The van der Waals surface area contributed by atoms with E-state index in [2.05, 4.69) is 0 Å². The zero-order valence-corrected chi connectivity index (χ0v) is 17.1. The number of likely N-dealkylation sites (N-methyl/N-ethyl adjacent to an activating group) is 1. The second-order valence-electron chi connectivity index (χ2n) is 6.42. The van der Waals surface area contributed by atoms with Gasteiger partial charge in [0.15, 0.2) is 23.0 Å². The van der Waals surface area contributed by atoms with Gasteiger partial charge in [-0.25, -0.2) is 12.7 Å². The standard InChI is InChI=1S/C20H25NO6S/c1-21(10-9-15-5-7-17(24-2)19(13-15)25-3)28(22,23)16-6-8-18-20(14-16)27-12-4-11-26-18/h5-8,13-14H,4,9-12H2,1-3H3. The molecule has 0 amide bonds. The molecule has 8 heteroatoms.